The van der Waals surface area contributed by atoms with Gasteiger partial charge in [0.2, 0.25) is 0 Å². The second-order valence-electron chi connectivity index (χ2n) is 8.34. The largest absolute Gasteiger partial charge is 0.586 e. The molecule has 1 saturated carbocycles. The van der Waals surface area contributed by atoms with Crippen LogP contribution in [0.2, 0.25) is 5.02 Å². The van der Waals surface area contributed by atoms with Gasteiger partial charge in [0.25, 0.3) is 0 Å². The van der Waals surface area contributed by atoms with Crippen molar-refractivity contribution in [2.24, 2.45) is 0 Å². The molecule has 168 valence electrons. The van der Waals surface area contributed by atoms with Gasteiger partial charge in [-0.1, -0.05) is 33.6 Å². The van der Waals surface area contributed by atoms with E-state index in [9.17, 15) is 13.6 Å². The molecule has 1 aliphatic heterocycles. The quantitative estimate of drug-likeness (QED) is 0.480. The highest BCUT2D eigenvalue weighted by atomic mass is 79.9. The van der Waals surface area contributed by atoms with Crippen LogP contribution in [0.25, 0.3) is 6.08 Å². The molecule has 1 spiro atoms. The van der Waals surface area contributed by atoms with Crippen molar-refractivity contribution >= 4 is 45.3 Å². The Bertz CT molecular complexity index is 1140. The number of rotatable bonds is 3. The van der Waals surface area contributed by atoms with Crippen molar-refractivity contribution in [1.82, 2.24) is 0 Å². The first kappa shape index (κ1) is 21.5. The lowest BCUT2D eigenvalue weighted by Crippen LogP contribution is -2.52. The molecule has 0 saturated heterocycles. The molecule has 32 heavy (non-hydrogen) atoms. The number of fused-ring (bicyclic) bond motifs is 3. The number of nitrogens with one attached hydrogen (secondary N) is 1. The number of esters is 1. The van der Waals surface area contributed by atoms with Crippen molar-refractivity contribution in [3.8, 4) is 11.5 Å². The molecule has 0 bridgehead atoms. The van der Waals surface area contributed by atoms with Gasteiger partial charge < -0.3 is 19.5 Å². The molecule has 3 aliphatic rings. The minimum Gasteiger partial charge on any atom is -0.467 e. The van der Waals surface area contributed by atoms with Crippen molar-refractivity contribution in [1.29, 1.82) is 0 Å². The smallest absolute Gasteiger partial charge is 0.467 e. The Morgan fingerprint density at radius 1 is 1.12 bits per heavy atom. The lowest BCUT2D eigenvalue weighted by molar-refractivity contribution is -0.286. The molecule has 2 aliphatic carbocycles. The third-order valence-corrected chi connectivity index (χ3v) is 7.79. The first-order chi connectivity index (χ1) is 15.2. The average Bonchev–Trinajstić information content (AvgIpc) is 3.18. The molecule has 0 radical (unpaired) electrons. The van der Waals surface area contributed by atoms with Gasteiger partial charge >= 0.3 is 12.3 Å². The number of hydrogen-bond donors (Lipinski definition) is 1. The van der Waals surface area contributed by atoms with Gasteiger partial charge in [-0.3, -0.25) is 0 Å². The van der Waals surface area contributed by atoms with E-state index in [4.69, 9.17) is 16.3 Å². The van der Waals surface area contributed by atoms with Crippen LogP contribution in [0.5, 0.6) is 11.5 Å². The summed E-state index contributed by atoms with van der Waals surface area (Å²) in [5.74, 6) is -0.314. The van der Waals surface area contributed by atoms with Crippen LogP contribution in [0.4, 0.5) is 14.5 Å². The molecular formula is C23H19BrClF2NO4. The zero-order valence-corrected chi connectivity index (χ0v) is 19.4. The Labute approximate surface area is 196 Å². The monoisotopic (exact) mass is 525 g/mol. The molecule has 0 aromatic heterocycles. The van der Waals surface area contributed by atoms with Gasteiger partial charge in [0.1, 0.15) is 5.54 Å². The first-order valence-corrected chi connectivity index (χ1v) is 11.3. The highest BCUT2D eigenvalue weighted by Gasteiger charge is 2.53. The van der Waals surface area contributed by atoms with Gasteiger partial charge in [-0.05, 0) is 73.2 Å². The van der Waals surface area contributed by atoms with E-state index in [1.165, 1.54) is 7.11 Å². The summed E-state index contributed by atoms with van der Waals surface area (Å²) in [6.07, 6.45) is 0.383. The number of benzene rings is 2. The van der Waals surface area contributed by atoms with Gasteiger partial charge in [-0.25, -0.2) is 4.79 Å². The van der Waals surface area contributed by atoms with E-state index in [1.807, 2.05) is 18.2 Å². The second-order valence-corrected chi connectivity index (χ2v) is 9.63. The number of allylic oxidation sites excluding steroid dienone is 1. The molecule has 0 amide bonds. The molecule has 1 heterocycles. The van der Waals surface area contributed by atoms with E-state index in [2.05, 4.69) is 30.7 Å². The van der Waals surface area contributed by atoms with Crippen molar-refractivity contribution < 1.29 is 27.8 Å². The highest BCUT2D eigenvalue weighted by Crippen LogP contribution is 2.58. The number of methoxy groups -OCH3 is 1. The lowest BCUT2D eigenvalue weighted by Gasteiger charge is -2.45. The van der Waals surface area contributed by atoms with Crippen LogP contribution in [0.15, 0.2) is 40.9 Å². The fourth-order valence-corrected chi connectivity index (χ4v) is 6.03. The summed E-state index contributed by atoms with van der Waals surface area (Å²) in [6.45, 7) is 0. The summed E-state index contributed by atoms with van der Waals surface area (Å²) in [5, 5.41) is 3.91. The maximum atomic E-state index is 13.6. The standard InChI is InChI=1S/C23H19BrClF2NO4/c1-30-20(29)22(28-15-4-2-3-14(25)11-15)7-5-21(6-8-22)16-12-18-17(31-23(26,27)32-18)9-13(16)10-19(21)24/h2-4,9-12,28H,5-8H2,1H3. The molecule has 0 atom stereocenters. The van der Waals surface area contributed by atoms with Crippen molar-refractivity contribution in [3.05, 3.63) is 57.0 Å². The Hall–Kier alpha value is -2.32. The molecule has 1 fully saturated rings. The molecule has 0 unspecified atom stereocenters. The molecular weight excluding hydrogens is 508 g/mol. The van der Waals surface area contributed by atoms with Gasteiger partial charge in [0, 0.05) is 20.6 Å². The third kappa shape index (κ3) is 3.35. The van der Waals surface area contributed by atoms with E-state index in [0.29, 0.717) is 30.7 Å². The minimum atomic E-state index is -3.67. The Balaban J connectivity index is 1.47. The second kappa shape index (κ2) is 7.35. The number of halogens is 4. The molecule has 5 rings (SSSR count). The average molecular weight is 527 g/mol. The number of ether oxygens (including phenoxy) is 3. The third-order valence-electron chi connectivity index (χ3n) is 6.57. The summed E-state index contributed by atoms with van der Waals surface area (Å²) < 4.78 is 42.5. The fourth-order valence-electron chi connectivity index (χ4n) is 4.98. The number of hydrogen-bond acceptors (Lipinski definition) is 5. The molecule has 1 N–H and O–H groups in total. The van der Waals surface area contributed by atoms with E-state index in [0.717, 1.165) is 21.3 Å². The zero-order valence-electron chi connectivity index (χ0n) is 17.0. The highest BCUT2D eigenvalue weighted by molar-refractivity contribution is 9.11. The van der Waals surface area contributed by atoms with E-state index in [-0.39, 0.29) is 17.5 Å². The zero-order chi connectivity index (χ0) is 22.7. The Kier molecular flexibility index (Phi) is 4.94. The van der Waals surface area contributed by atoms with Crippen molar-refractivity contribution in [2.45, 2.75) is 42.9 Å². The van der Waals surface area contributed by atoms with E-state index in [1.54, 1.807) is 24.3 Å². The Morgan fingerprint density at radius 3 is 2.47 bits per heavy atom. The van der Waals surface area contributed by atoms with Crippen LogP contribution in [-0.4, -0.2) is 24.9 Å². The normalized spacial score (nSPS) is 27.1. The predicted molar refractivity (Wildman–Crippen MR) is 120 cm³/mol. The van der Waals surface area contributed by atoms with Crippen LogP contribution >= 0.6 is 27.5 Å². The summed E-state index contributed by atoms with van der Waals surface area (Å²) in [5.41, 5.74) is 1.03. The first-order valence-electron chi connectivity index (χ1n) is 10.1. The molecule has 5 nitrogen and oxygen atoms in total. The van der Waals surface area contributed by atoms with E-state index < -0.39 is 17.2 Å². The molecule has 2 aromatic carbocycles. The number of carbonyl (C=O) groups excluding carboxylic acids is 1. The van der Waals surface area contributed by atoms with E-state index >= 15 is 0 Å². The van der Waals surface area contributed by atoms with Gasteiger partial charge in [0.05, 0.1) is 7.11 Å². The minimum absolute atomic E-state index is 0.0182. The molecule has 9 heteroatoms. The van der Waals surface area contributed by atoms with Gasteiger partial charge in [-0.15, -0.1) is 8.78 Å². The van der Waals surface area contributed by atoms with Crippen molar-refractivity contribution in [2.75, 3.05) is 12.4 Å². The number of carbonyl (C=O) groups is 1. The van der Waals surface area contributed by atoms with Crippen LogP contribution in [0, 0.1) is 0 Å². The summed E-state index contributed by atoms with van der Waals surface area (Å²) in [6, 6.07) is 10.4. The van der Waals surface area contributed by atoms with Crippen LogP contribution < -0.4 is 14.8 Å². The lowest BCUT2D eigenvalue weighted by atomic mass is 9.65. The van der Waals surface area contributed by atoms with Crippen LogP contribution in [0.3, 0.4) is 0 Å². The predicted octanol–water partition coefficient (Wildman–Crippen LogP) is 6.25. The van der Waals surface area contributed by atoms with Gasteiger partial charge in [-0.2, -0.15) is 0 Å². The van der Waals surface area contributed by atoms with Crippen LogP contribution in [0.1, 0.15) is 36.8 Å². The van der Waals surface area contributed by atoms with Gasteiger partial charge in [0.15, 0.2) is 11.5 Å². The maximum absolute atomic E-state index is 13.6. The topological polar surface area (TPSA) is 56.8 Å². The SMILES string of the molecule is COC(=O)C1(Nc2cccc(Cl)c2)CCC2(CC1)C(Br)=Cc1cc3c(cc12)OC(F)(F)O3. The number of alkyl halides is 2. The van der Waals surface area contributed by atoms with Crippen molar-refractivity contribution in [3.63, 3.8) is 0 Å². The summed E-state index contributed by atoms with van der Waals surface area (Å²) in [7, 11) is 1.37. The summed E-state index contributed by atoms with van der Waals surface area (Å²) in [4.78, 5) is 12.9. The number of anilines is 1. The maximum Gasteiger partial charge on any atom is 0.586 e. The molecule has 2 aromatic rings. The Morgan fingerprint density at radius 2 is 1.81 bits per heavy atom. The fraction of sp³-hybridized carbons (Fsp3) is 0.348. The summed E-state index contributed by atoms with van der Waals surface area (Å²) >= 11 is 9.81. The van der Waals surface area contributed by atoms with Crippen LogP contribution in [-0.2, 0) is 14.9 Å².